The lowest BCUT2D eigenvalue weighted by Crippen LogP contribution is -2.47. The summed E-state index contributed by atoms with van der Waals surface area (Å²) in [6.45, 7) is 21.1. The van der Waals surface area contributed by atoms with Gasteiger partial charge in [-0.05, 0) is 40.6 Å². The quantitative estimate of drug-likeness (QED) is 0.509. The first kappa shape index (κ1) is 19.9. The highest BCUT2D eigenvalue weighted by atomic mass is 28.3. The first-order valence-electron chi connectivity index (χ1n) is 9.48. The van der Waals surface area contributed by atoms with Crippen molar-refractivity contribution < 1.29 is 4.57 Å². The van der Waals surface area contributed by atoms with Gasteiger partial charge in [-0.3, -0.25) is 0 Å². The molecule has 0 aliphatic heterocycles. The molecule has 0 N–H and O–H groups in total. The Morgan fingerprint density at radius 2 is 1.60 bits per heavy atom. The molecular weight excluding hydrogens is 318 g/mol. The Morgan fingerprint density at radius 1 is 1.00 bits per heavy atom. The van der Waals surface area contributed by atoms with Crippen LogP contribution in [0.2, 0.25) is 19.6 Å². The van der Waals surface area contributed by atoms with Crippen LogP contribution >= 0.6 is 0 Å². The van der Waals surface area contributed by atoms with Gasteiger partial charge in [-0.25, -0.2) is 4.57 Å². The first-order chi connectivity index (χ1) is 11.3. The van der Waals surface area contributed by atoms with Crippen LogP contribution in [0.5, 0.6) is 0 Å². The highest BCUT2D eigenvalue weighted by Crippen LogP contribution is 2.27. The molecule has 25 heavy (non-hydrogen) atoms. The molecule has 2 aromatic rings. The van der Waals surface area contributed by atoms with E-state index in [0.29, 0.717) is 5.92 Å². The number of hydrogen-bond donors (Lipinski definition) is 0. The van der Waals surface area contributed by atoms with Crippen molar-refractivity contribution in [2.24, 2.45) is 7.05 Å². The average molecular weight is 355 g/mol. The molecule has 1 heterocycles. The molecule has 0 unspecified atom stereocenters. The van der Waals surface area contributed by atoms with E-state index in [1.807, 2.05) is 0 Å². The zero-order valence-corrected chi connectivity index (χ0v) is 18.9. The lowest BCUT2D eigenvalue weighted by Gasteiger charge is -2.28. The number of aryl methyl sites for hydroxylation is 2. The van der Waals surface area contributed by atoms with E-state index < -0.39 is 8.07 Å². The van der Waals surface area contributed by atoms with E-state index in [4.69, 9.17) is 0 Å². The van der Waals surface area contributed by atoms with Crippen LogP contribution in [0.3, 0.4) is 0 Å². The van der Waals surface area contributed by atoms with Gasteiger partial charge in [0.05, 0.1) is 8.07 Å². The van der Waals surface area contributed by atoms with Crippen molar-refractivity contribution in [3.8, 4) is 11.3 Å². The van der Waals surface area contributed by atoms with Crippen molar-refractivity contribution in [1.29, 1.82) is 0 Å². The Labute approximate surface area is 156 Å². The summed E-state index contributed by atoms with van der Waals surface area (Å²) in [6.07, 6.45) is 2.37. The maximum Gasteiger partial charge on any atom is 0.212 e. The van der Waals surface area contributed by atoms with Gasteiger partial charge in [0.15, 0.2) is 6.20 Å². The fourth-order valence-electron chi connectivity index (χ4n) is 3.47. The van der Waals surface area contributed by atoms with Crippen molar-refractivity contribution >= 4 is 13.3 Å². The van der Waals surface area contributed by atoms with E-state index in [0.717, 1.165) is 0 Å². The van der Waals surface area contributed by atoms with E-state index in [2.05, 4.69) is 103 Å². The number of hydrogen-bond acceptors (Lipinski definition) is 0. The van der Waals surface area contributed by atoms with Gasteiger partial charge in [0, 0.05) is 17.2 Å². The Morgan fingerprint density at radius 3 is 2.04 bits per heavy atom. The summed E-state index contributed by atoms with van der Waals surface area (Å²) in [7, 11) is 0.754. The fraction of sp³-hybridized carbons (Fsp3) is 0.522. The highest BCUT2D eigenvalue weighted by molar-refractivity contribution is 6.89. The Kier molecular flexibility index (Phi) is 5.35. The monoisotopic (exact) mass is 354 g/mol. The normalized spacial score (nSPS) is 12.8. The van der Waals surface area contributed by atoms with Crippen LogP contribution in [0, 0.1) is 6.92 Å². The molecule has 136 valence electrons. The van der Waals surface area contributed by atoms with Crippen molar-refractivity contribution in [1.82, 2.24) is 0 Å². The third kappa shape index (κ3) is 4.23. The van der Waals surface area contributed by atoms with Crippen LogP contribution in [0.4, 0.5) is 0 Å². The van der Waals surface area contributed by atoms with E-state index in [1.54, 1.807) is 5.19 Å². The van der Waals surface area contributed by atoms with Gasteiger partial charge in [0.25, 0.3) is 0 Å². The largest absolute Gasteiger partial charge is 0.212 e. The zero-order valence-electron chi connectivity index (χ0n) is 17.9. The molecule has 1 nitrogen and oxygen atoms in total. The van der Waals surface area contributed by atoms with Crippen LogP contribution < -0.4 is 9.75 Å². The van der Waals surface area contributed by atoms with Gasteiger partial charge in [0.2, 0.25) is 5.69 Å². The van der Waals surface area contributed by atoms with E-state index in [1.165, 1.54) is 27.9 Å². The summed E-state index contributed by atoms with van der Waals surface area (Å²) in [5, 5.41) is 1.58. The number of aromatic nitrogens is 1. The van der Waals surface area contributed by atoms with Crippen molar-refractivity contribution in [3.05, 3.63) is 47.2 Å². The fourth-order valence-corrected chi connectivity index (χ4v) is 5.29. The predicted octanol–water partition coefficient (Wildman–Crippen LogP) is 5.45. The van der Waals surface area contributed by atoms with Crippen LogP contribution in [-0.4, -0.2) is 8.07 Å². The second-order valence-electron chi connectivity index (χ2n) is 9.83. The molecule has 0 bridgehead atoms. The number of rotatable bonds is 3. The minimum Gasteiger partial charge on any atom is -0.201 e. The van der Waals surface area contributed by atoms with Crippen LogP contribution in [0.1, 0.15) is 57.2 Å². The van der Waals surface area contributed by atoms with Gasteiger partial charge < -0.3 is 0 Å². The second-order valence-corrected chi connectivity index (χ2v) is 14.9. The van der Waals surface area contributed by atoms with Crippen molar-refractivity contribution in [3.63, 3.8) is 0 Å². The van der Waals surface area contributed by atoms with Gasteiger partial charge in [-0.15, -0.1) is 0 Å². The highest BCUT2D eigenvalue weighted by Gasteiger charge is 2.31. The summed E-state index contributed by atoms with van der Waals surface area (Å²) in [6, 6.07) is 9.43. The molecule has 0 radical (unpaired) electrons. The lowest BCUT2D eigenvalue weighted by molar-refractivity contribution is -0.660. The maximum absolute atomic E-state index is 2.48. The molecule has 0 amide bonds. The minimum absolute atomic E-state index is 0.169. The summed E-state index contributed by atoms with van der Waals surface area (Å²) in [5.41, 5.74) is 7.13. The van der Waals surface area contributed by atoms with Gasteiger partial charge in [0.1, 0.15) is 7.05 Å². The molecule has 1 aromatic heterocycles. The Bertz CT molecular complexity index is 774. The maximum atomic E-state index is 2.48. The van der Waals surface area contributed by atoms with E-state index >= 15 is 0 Å². The van der Waals surface area contributed by atoms with Crippen molar-refractivity contribution in [2.45, 2.75) is 72.5 Å². The topological polar surface area (TPSA) is 3.88 Å². The van der Waals surface area contributed by atoms with E-state index in [-0.39, 0.29) is 5.41 Å². The summed E-state index contributed by atoms with van der Waals surface area (Å²) < 4.78 is 2.32. The molecule has 0 aliphatic rings. The van der Waals surface area contributed by atoms with Gasteiger partial charge in [-0.2, -0.15) is 0 Å². The van der Waals surface area contributed by atoms with Crippen molar-refractivity contribution in [2.75, 3.05) is 0 Å². The lowest BCUT2D eigenvalue weighted by atomic mass is 9.87. The smallest absolute Gasteiger partial charge is 0.201 e. The average Bonchev–Trinajstić information content (AvgIpc) is 2.45. The molecular formula is C23H36NSi+. The number of benzene rings is 1. The third-order valence-corrected chi connectivity index (χ3v) is 7.11. The van der Waals surface area contributed by atoms with E-state index in [9.17, 15) is 0 Å². The van der Waals surface area contributed by atoms with Crippen LogP contribution in [0.15, 0.2) is 30.5 Å². The van der Waals surface area contributed by atoms with Crippen LogP contribution in [-0.2, 0) is 12.5 Å². The molecule has 0 fully saturated rings. The molecule has 0 atom stereocenters. The summed E-state index contributed by atoms with van der Waals surface area (Å²) >= 11 is 0. The first-order valence-corrected chi connectivity index (χ1v) is 13.0. The molecule has 2 rings (SSSR count). The molecule has 0 saturated heterocycles. The number of nitrogens with zero attached hydrogens (tertiary/aromatic N) is 1. The third-order valence-electron chi connectivity index (χ3n) is 5.08. The molecule has 0 saturated carbocycles. The zero-order chi connectivity index (χ0) is 19.2. The van der Waals surface area contributed by atoms with Crippen LogP contribution in [0.25, 0.3) is 11.3 Å². The number of pyridine rings is 1. The molecule has 1 aromatic carbocycles. The molecule has 2 heteroatoms. The van der Waals surface area contributed by atoms with Gasteiger partial charge in [-0.1, -0.05) is 66.4 Å². The Hall–Kier alpha value is -1.41. The SMILES string of the molecule is Cc1cc(C(C)C)ccc1-c1cc([Si](C)(C)C)c(C(C)(C)C)c[n+]1C. The standard InChI is InChI=1S/C23H36NSi/c1-16(2)18-11-12-19(17(3)13-18)21-14-22(25(8,9)10)20(15-24(21)7)23(4,5)6/h11-16H,1-10H3/q+1. The molecule has 0 aliphatic carbocycles. The Balaban J connectivity index is 2.72. The minimum atomic E-state index is -1.43. The second kappa shape index (κ2) is 6.72. The molecule has 0 spiro atoms. The predicted molar refractivity (Wildman–Crippen MR) is 114 cm³/mol. The van der Waals surface area contributed by atoms with Gasteiger partial charge >= 0.3 is 0 Å². The summed E-state index contributed by atoms with van der Waals surface area (Å²) in [5.74, 6) is 0.572. The summed E-state index contributed by atoms with van der Waals surface area (Å²) in [4.78, 5) is 0.